The van der Waals surface area contributed by atoms with E-state index in [0.717, 1.165) is 12.8 Å². The fourth-order valence-electron chi connectivity index (χ4n) is 0.667. The average molecular weight is 181 g/mol. The molecule has 3 nitrogen and oxygen atoms in total. The number of hydrogen-bond donors (Lipinski definition) is 1. The second kappa shape index (κ2) is 7.53. The molecule has 0 aromatic rings. The summed E-state index contributed by atoms with van der Waals surface area (Å²) in [5, 5.41) is 0. The molecule has 0 aromatic heterocycles. The Bertz CT molecular complexity index is 204. The van der Waals surface area contributed by atoms with Crippen molar-refractivity contribution in [3.8, 4) is 0 Å². The summed E-state index contributed by atoms with van der Waals surface area (Å²) in [6.45, 7) is 6.16. The second-order valence-electron chi connectivity index (χ2n) is 2.86. The van der Waals surface area contributed by atoms with E-state index in [0.29, 0.717) is 5.96 Å². The summed E-state index contributed by atoms with van der Waals surface area (Å²) in [6.07, 6.45) is 7.55. The smallest absolute Gasteiger partial charge is 0.215 e. The molecule has 0 aliphatic carbocycles. The van der Waals surface area contributed by atoms with Gasteiger partial charge in [-0.15, -0.1) is 0 Å². The van der Waals surface area contributed by atoms with E-state index in [-0.39, 0.29) is 6.04 Å². The fraction of sp³-hybridized carbons (Fsp3) is 0.600. The van der Waals surface area contributed by atoms with Gasteiger partial charge in [0, 0.05) is 6.21 Å². The van der Waals surface area contributed by atoms with Gasteiger partial charge in [-0.2, -0.15) is 0 Å². The van der Waals surface area contributed by atoms with Crippen molar-refractivity contribution in [1.82, 2.24) is 0 Å². The predicted octanol–water partition coefficient (Wildman–Crippen LogP) is 2.14. The van der Waals surface area contributed by atoms with Crippen molar-refractivity contribution in [1.29, 1.82) is 0 Å². The molecule has 1 atom stereocenters. The van der Waals surface area contributed by atoms with Crippen LogP contribution in [0.5, 0.6) is 0 Å². The van der Waals surface area contributed by atoms with E-state index in [1.54, 1.807) is 6.21 Å². The van der Waals surface area contributed by atoms with Crippen LogP contribution >= 0.6 is 0 Å². The highest BCUT2D eigenvalue weighted by atomic mass is 15.0. The molecule has 1 unspecified atom stereocenters. The Hall–Kier alpha value is -1.12. The number of aliphatic imine (C=N–C) groups is 2. The fourth-order valence-corrected chi connectivity index (χ4v) is 0.667. The van der Waals surface area contributed by atoms with Gasteiger partial charge in [-0.1, -0.05) is 19.9 Å². The van der Waals surface area contributed by atoms with E-state index >= 15 is 0 Å². The zero-order chi connectivity index (χ0) is 10.1. The Morgan fingerprint density at radius 2 is 2.15 bits per heavy atom. The van der Waals surface area contributed by atoms with Crippen LogP contribution in [0.1, 0.15) is 33.6 Å². The summed E-state index contributed by atoms with van der Waals surface area (Å²) in [6, 6.07) is 0.257. The lowest BCUT2D eigenvalue weighted by Gasteiger charge is -2.00. The van der Waals surface area contributed by atoms with Gasteiger partial charge in [-0.25, -0.2) is 9.98 Å². The molecule has 2 N–H and O–H groups in total. The number of nitrogens with zero attached hydrogens (tertiary/aromatic N) is 2. The lowest BCUT2D eigenvalue weighted by atomic mass is 10.3. The molecule has 0 rings (SSSR count). The minimum Gasteiger partial charge on any atom is -0.368 e. The van der Waals surface area contributed by atoms with E-state index < -0.39 is 0 Å². The Morgan fingerprint density at radius 3 is 2.69 bits per heavy atom. The largest absolute Gasteiger partial charge is 0.368 e. The average Bonchev–Trinajstić information content (AvgIpc) is 2.12. The van der Waals surface area contributed by atoms with Crippen molar-refractivity contribution < 1.29 is 0 Å². The van der Waals surface area contributed by atoms with Gasteiger partial charge in [0.2, 0.25) is 5.96 Å². The maximum absolute atomic E-state index is 5.55. The Morgan fingerprint density at radius 1 is 1.46 bits per heavy atom. The summed E-state index contributed by atoms with van der Waals surface area (Å²) in [7, 11) is 0. The van der Waals surface area contributed by atoms with Gasteiger partial charge in [0.15, 0.2) is 0 Å². The van der Waals surface area contributed by atoms with Crippen molar-refractivity contribution >= 4 is 12.2 Å². The van der Waals surface area contributed by atoms with Gasteiger partial charge < -0.3 is 5.73 Å². The molecule has 74 valence electrons. The molecular formula is C10H19N3. The molecule has 3 heteroatoms. The molecule has 0 aliphatic heterocycles. The highest BCUT2D eigenvalue weighted by molar-refractivity contribution is 5.89. The Labute approximate surface area is 80.5 Å². The molecular weight excluding hydrogens is 162 g/mol. The van der Waals surface area contributed by atoms with Crippen LogP contribution < -0.4 is 5.73 Å². The lowest BCUT2D eigenvalue weighted by molar-refractivity contribution is 0.715. The lowest BCUT2D eigenvalue weighted by Crippen LogP contribution is -2.12. The van der Waals surface area contributed by atoms with Crippen molar-refractivity contribution in [2.75, 3.05) is 0 Å². The van der Waals surface area contributed by atoms with Crippen LogP contribution in [0.4, 0.5) is 0 Å². The van der Waals surface area contributed by atoms with E-state index in [9.17, 15) is 0 Å². The van der Waals surface area contributed by atoms with Crippen molar-refractivity contribution in [3.63, 3.8) is 0 Å². The molecule has 0 saturated heterocycles. The van der Waals surface area contributed by atoms with Gasteiger partial charge in [0.1, 0.15) is 0 Å². The molecule has 0 bridgehead atoms. The van der Waals surface area contributed by atoms with Crippen molar-refractivity contribution in [3.05, 3.63) is 12.2 Å². The molecule has 13 heavy (non-hydrogen) atoms. The maximum atomic E-state index is 5.55. The van der Waals surface area contributed by atoms with E-state index in [1.165, 1.54) is 0 Å². The third kappa shape index (κ3) is 7.25. The summed E-state index contributed by atoms with van der Waals surface area (Å²) in [5.41, 5.74) is 5.55. The van der Waals surface area contributed by atoms with Crippen LogP contribution in [0.3, 0.4) is 0 Å². The summed E-state index contributed by atoms with van der Waals surface area (Å²) in [4.78, 5) is 8.12. The molecule has 0 fully saturated rings. The molecule has 0 radical (unpaired) electrons. The third-order valence-corrected chi connectivity index (χ3v) is 1.61. The SMILES string of the molecule is CC/C=C/C=NC(N)=NC(C)CC. The molecule has 0 aliphatic rings. The van der Waals surface area contributed by atoms with Gasteiger partial charge in [0.25, 0.3) is 0 Å². The Balaban J connectivity index is 3.97. The summed E-state index contributed by atoms with van der Waals surface area (Å²) >= 11 is 0. The van der Waals surface area contributed by atoms with Crippen LogP contribution in [-0.4, -0.2) is 18.2 Å². The van der Waals surface area contributed by atoms with Gasteiger partial charge >= 0.3 is 0 Å². The van der Waals surface area contributed by atoms with Crippen molar-refractivity contribution in [2.45, 2.75) is 39.7 Å². The van der Waals surface area contributed by atoms with Crippen LogP contribution in [0.25, 0.3) is 0 Å². The molecule has 0 aromatic carbocycles. The second-order valence-corrected chi connectivity index (χ2v) is 2.86. The van der Waals surface area contributed by atoms with E-state index in [4.69, 9.17) is 5.73 Å². The van der Waals surface area contributed by atoms with E-state index in [1.807, 2.05) is 19.1 Å². The third-order valence-electron chi connectivity index (χ3n) is 1.61. The maximum Gasteiger partial charge on any atom is 0.215 e. The minimum absolute atomic E-state index is 0.257. The molecule has 0 saturated carbocycles. The summed E-state index contributed by atoms with van der Waals surface area (Å²) in [5.74, 6) is 0.357. The van der Waals surface area contributed by atoms with Gasteiger partial charge in [-0.3, -0.25) is 0 Å². The first-order valence-electron chi connectivity index (χ1n) is 4.73. The van der Waals surface area contributed by atoms with E-state index in [2.05, 4.69) is 23.8 Å². The number of guanidine groups is 1. The molecule has 0 amide bonds. The first kappa shape index (κ1) is 11.9. The molecule has 0 heterocycles. The predicted molar refractivity (Wildman–Crippen MR) is 59.3 cm³/mol. The number of nitrogens with two attached hydrogens (primary N) is 1. The topological polar surface area (TPSA) is 50.7 Å². The quantitative estimate of drug-likeness (QED) is 0.524. The summed E-state index contributed by atoms with van der Waals surface area (Å²) < 4.78 is 0. The standard InChI is InChI=1S/C10H19N3/c1-4-6-7-8-12-10(11)13-9(3)5-2/h6-9H,4-5H2,1-3H3,(H2,11,13)/b7-6+,12-8?. The zero-order valence-electron chi connectivity index (χ0n) is 8.70. The van der Waals surface area contributed by atoms with Crippen LogP contribution in [0.15, 0.2) is 22.1 Å². The highest BCUT2D eigenvalue weighted by Crippen LogP contribution is 1.94. The van der Waals surface area contributed by atoms with Crippen molar-refractivity contribution in [2.24, 2.45) is 15.7 Å². The van der Waals surface area contributed by atoms with Crippen LogP contribution in [0, 0.1) is 0 Å². The van der Waals surface area contributed by atoms with Crippen LogP contribution in [-0.2, 0) is 0 Å². The first-order chi connectivity index (χ1) is 6.20. The normalized spacial score (nSPS) is 15.8. The highest BCUT2D eigenvalue weighted by Gasteiger charge is 1.93. The van der Waals surface area contributed by atoms with Crippen LogP contribution in [0.2, 0.25) is 0 Å². The Kier molecular flexibility index (Phi) is 6.88. The number of hydrogen-bond acceptors (Lipinski definition) is 1. The van der Waals surface area contributed by atoms with Gasteiger partial charge in [-0.05, 0) is 25.8 Å². The first-order valence-corrected chi connectivity index (χ1v) is 4.73. The molecule has 0 spiro atoms. The van der Waals surface area contributed by atoms with Gasteiger partial charge in [0.05, 0.1) is 6.04 Å². The zero-order valence-corrected chi connectivity index (χ0v) is 8.70. The number of allylic oxidation sites excluding steroid dienone is 2. The minimum atomic E-state index is 0.257. The monoisotopic (exact) mass is 181 g/mol. The number of rotatable bonds is 4.